The van der Waals surface area contributed by atoms with Gasteiger partial charge in [-0.3, -0.25) is 9.78 Å². The standard InChI is InChI=1S/C13H11N3O3S2/c1-19-8-6-4-3-5-7(8)16-11(17)9-10(14-12(16)18)15-13(20-2)21-9/h3-6H,1-2H3,(H,14,18). The number of para-hydroxylation sites is 2. The fraction of sp³-hybridized carbons (Fsp3) is 0.154. The van der Waals surface area contributed by atoms with Crippen molar-refractivity contribution in [3.05, 3.63) is 45.1 Å². The van der Waals surface area contributed by atoms with Crippen LogP contribution in [0, 0.1) is 0 Å². The molecule has 21 heavy (non-hydrogen) atoms. The Labute approximate surface area is 127 Å². The largest absolute Gasteiger partial charge is 0.495 e. The highest BCUT2D eigenvalue weighted by Crippen LogP contribution is 2.25. The zero-order valence-electron chi connectivity index (χ0n) is 11.2. The highest BCUT2D eigenvalue weighted by Gasteiger charge is 2.16. The van der Waals surface area contributed by atoms with Crippen LogP contribution in [-0.2, 0) is 0 Å². The third-order valence-corrected chi connectivity index (χ3v) is 4.96. The Kier molecular flexibility index (Phi) is 3.56. The predicted octanol–water partition coefficient (Wildman–Crippen LogP) is 1.87. The SMILES string of the molecule is COc1ccccc1-n1c(=O)[nH]c2nc(SC)sc2c1=O. The molecular formula is C13H11N3O3S2. The van der Waals surface area contributed by atoms with Crippen LogP contribution in [-0.4, -0.2) is 27.9 Å². The van der Waals surface area contributed by atoms with Gasteiger partial charge in [0.25, 0.3) is 5.56 Å². The number of benzene rings is 1. The molecule has 0 aliphatic heterocycles. The molecule has 8 heteroatoms. The van der Waals surface area contributed by atoms with Gasteiger partial charge in [0, 0.05) is 0 Å². The highest BCUT2D eigenvalue weighted by molar-refractivity contribution is 8.00. The van der Waals surface area contributed by atoms with Crippen molar-refractivity contribution < 1.29 is 4.74 Å². The molecule has 0 unspecified atom stereocenters. The molecule has 6 nitrogen and oxygen atoms in total. The number of aromatic nitrogens is 3. The van der Waals surface area contributed by atoms with Crippen molar-refractivity contribution >= 4 is 33.4 Å². The number of H-pyrrole nitrogens is 1. The molecule has 0 bridgehead atoms. The summed E-state index contributed by atoms with van der Waals surface area (Å²) in [5.74, 6) is 0.457. The quantitative estimate of drug-likeness (QED) is 0.745. The van der Waals surface area contributed by atoms with Gasteiger partial charge < -0.3 is 4.74 Å². The smallest absolute Gasteiger partial charge is 0.334 e. The highest BCUT2D eigenvalue weighted by atomic mass is 32.2. The summed E-state index contributed by atoms with van der Waals surface area (Å²) in [6.45, 7) is 0. The fourth-order valence-electron chi connectivity index (χ4n) is 2.00. The van der Waals surface area contributed by atoms with E-state index in [0.717, 1.165) is 8.91 Å². The Balaban J connectivity index is 2.38. The normalized spacial score (nSPS) is 11.0. The summed E-state index contributed by atoms with van der Waals surface area (Å²) >= 11 is 2.69. The number of rotatable bonds is 3. The maximum absolute atomic E-state index is 12.6. The minimum absolute atomic E-state index is 0.325. The van der Waals surface area contributed by atoms with E-state index in [1.807, 2.05) is 6.26 Å². The summed E-state index contributed by atoms with van der Waals surface area (Å²) in [6, 6.07) is 6.88. The second-order valence-electron chi connectivity index (χ2n) is 4.10. The van der Waals surface area contributed by atoms with E-state index < -0.39 is 11.2 Å². The van der Waals surface area contributed by atoms with Gasteiger partial charge in [-0.2, -0.15) is 0 Å². The molecular weight excluding hydrogens is 310 g/mol. The first-order valence-electron chi connectivity index (χ1n) is 5.99. The molecule has 0 fully saturated rings. The van der Waals surface area contributed by atoms with Crippen molar-refractivity contribution in [2.24, 2.45) is 0 Å². The van der Waals surface area contributed by atoms with E-state index in [9.17, 15) is 9.59 Å². The van der Waals surface area contributed by atoms with Crippen molar-refractivity contribution in [1.82, 2.24) is 14.5 Å². The first kappa shape index (κ1) is 13.9. The second-order valence-corrected chi connectivity index (χ2v) is 6.16. The Morgan fingerprint density at radius 2 is 2.10 bits per heavy atom. The van der Waals surface area contributed by atoms with Crippen molar-refractivity contribution in [3.8, 4) is 11.4 Å². The molecule has 2 aromatic heterocycles. The predicted molar refractivity (Wildman–Crippen MR) is 84.2 cm³/mol. The van der Waals surface area contributed by atoms with Crippen LogP contribution in [0.15, 0.2) is 38.2 Å². The molecule has 0 radical (unpaired) electrons. The van der Waals surface area contributed by atoms with E-state index in [2.05, 4.69) is 9.97 Å². The fourth-order valence-corrected chi connectivity index (χ4v) is 3.45. The van der Waals surface area contributed by atoms with Crippen LogP contribution < -0.4 is 16.0 Å². The molecule has 0 spiro atoms. The van der Waals surface area contributed by atoms with E-state index in [1.165, 1.54) is 30.2 Å². The third kappa shape index (κ3) is 2.26. The number of aromatic amines is 1. The van der Waals surface area contributed by atoms with Gasteiger partial charge in [-0.15, -0.1) is 11.3 Å². The molecule has 3 rings (SSSR count). The van der Waals surface area contributed by atoms with E-state index in [0.29, 0.717) is 21.8 Å². The molecule has 1 N–H and O–H groups in total. The molecule has 108 valence electrons. The van der Waals surface area contributed by atoms with Crippen LogP contribution in [0.2, 0.25) is 0 Å². The first-order valence-corrected chi connectivity index (χ1v) is 8.03. The van der Waals surface area contributed by atoms with Crippen LogP contribution >= 0.6 is 23.1 Å². The minimum Gasteiger partial charge on any atom is -0.495 e. The van der Waals surface area contributed by atoms with E-state index in [4.69, 9.17) is 4.74 Å². The molecule has 0 amide bonds. The van der Waals surface area contributed by atoms with Gasteiger partial charge in [-0.25, -0.2) is 14.3 Å². The molecule has 1 aromatic carbocycles. The lowest BCUT2D eigenvalue weighted by atomic mass is 10.3. The number of methoxy groups -OCH3 is 1. The summed E-state index contributed by atoms with van der Waals surface area (Å²) < 4.78 is 7.45. The van der Waals surface area contributed by atoms with Crippen LogP contribution in [0.25, 0.3) is 16.0 Å². The molecule has 0 aliphatic carbocycles. The van der Waals surface area contributed by atoms with Crippen LogP contribution in [0.3, 0.4) is 0 Å². The number of ether oxygens (including phenoxy) is 1. The number of thiazole rings is 1. The maximum atomic E-state index is 12.6. The monoisotopic (exact) mass is 321 g/mol. The van der Waals surface area contributed by atoms with E-state index in [-0.39, 0.29) is 0 Å². The average molecular weight is 321 g/mol. The minimum atomic E-state index is -0.532. The number of hydrogen-bond acceptors (Lipinski definition) is 6. The van der Waals surface area contributed by atoms with Gasteiger partial charge >= 0.3 is 5.69 Å². The molecule has 0 aliphatic rings. The second kappa shape index (κ2) is 5.38. The Bertz CT molecular complexity index is 926. The van der Waals surface area contributed by atoms with Crippen LogP contribution in [0.5, 0.6) is 5.75 Å². The Morgan fingerprint density at radius 1 is 1.33 bits per heavy atom. The maximum Gasteiger partial charge on any atom is 0.334 e. The van der Waals surface area contributed by atoms with Crippen LogP contribution in [0.4, 0.5) is 0 Å². The summed E-state index contributed by atoms with van der Waals surface area (Å²) in [6.07, 6.45) is 1.87. The van der Waals surface area contributed by atoms with Gasteiger partial charge in [0.15, 0.2) is 9.99 Å². The zero-order chi connectivity index (χ0) is 15.0. The van der Waals surface area contributed by atoms with Crippen molar-refractivity contribution in [3.63, 3.8) is 0 Å². The molecule has 0 saturated heterocycles. The van der Waals surface area contributed by atoms with Gasteiger partial charge in [0.05, 0.1) is 12.8 Å². The van der Waals surface area contributed by atoms with Crippen LogP contribution in [0.1, 0.15) is 0 Å². The molecule has 0 saturated carbocycles. The van der Waals surface area contributed by atoms with Crippen molar-refractivity contribution in [2.75, 3.05) is 13.4 Å². The van der Waals surface area contributed by atoms with E-state index >= 15 is 0 Å². The average Bonchev–Trinajstić information content (AvgIpc) is 2.91. The number of nitrogens with one attached hydrogen (secondary N) is 1. The first-order chi connectivity index (χ1) is 10.2. The Morgan fingerprint density at radius 3 is 2.81 bits per heavy atom. The summed E-state index contributed by atoms with van der Waals surface area (Å²) in [5, 5.41) is 0. The van der Waals surface area contributed by atoms with Gasteiger partial charge in [0.1, 0.15) is 10.4 Å². The van der Waals surface area contributed by atoms with E-state index in [1.54, 1.807) is 24.3 Å². The number of nitrogens with zero attached hydrogens (tertiary/aromatic N) is 2. The zero-order valence-corrected chi connectivity index (χ0v) is 12.9. The van der Waals surface area contributed by atoms with Gasteiger partial charge in [-0.05, 0) is 18.4 Å². The molecule has 2 heterocycles. The number of fused-ring (bicyclic) bond motifs is 1. The summed E-state index contributed by atoms with van der Waals surface area (Å²) in [7, 11) is 1.50. The van der Waals surface area contributed by atoms with Crippen molar-refractivity contribution in [1.29, 1.82) is 0 Å². The summed E-state index contributed by atoms with van der Waals surface area (Å²) in [4.78, 5) is 31.7. The lowest BCUT2D eigenvalue weighted by Gasteiger charge is -2.09. The lowest BCUT2D eigenvalue weighted by molar-refractivity contribution is 0.412. The van der Waals surface area contributed by atoms with Gasteiger partial charge in [0.2, 0.25) is 0 Å². The summed E-state index contributed by atoms with van der Waals surface area (Å²) in [5.41, 5.74) is -0.191. The molecule has 3 aromatic rings. The Hall–Kier alpha value is -2.06. The number of thioether (sulfide) groups is 1. The molecule has 0 atom stereocenters. The topological polar surface area (TPSA) is 77.0 Å². The number of hydrogen-bond donors (Lipinski definition) is 1. The van der Waals surface area contributed by atoms with Gasteiger partial charge in [-0.1, -0.05) is 23.9 Å². The third-order valence-electron chi connectivity index (χ3n) is 2.93. The van der Waals surface area contributed by atoms with Crippen molar-refractivity contribution in [2.45, 2.75) is 4.34 Å². The lowest BCUT2D eigenvalue weighted by Crippen LogP contribution is -2.33.